The molecule has 0 radical (unpaired) electrons. The molecule has 0 bridgehead atoms. The predicted molar refractivity (Wildman–Crippen MR) is 142 cm³/mol. The van der Waals surface area contributed by atoms with Gasteiger partial charge in [0.2, 0.25) is 5.17 Å². The van der Waals surface area contributed by atoms with Crippen molar-refractivity contribution in [2.24, 2.45) is 10.1 Å². The third-order valence-electron chi connectivity index (χ3n) is 5.54. The number of carbonyl (C=O) groups is 1. The Balaban J connectivity index is 1.23. The number of nitrogens with one attached hydrogen (secondary N) is 1. The number of benzene rings is 3. The maximum Gasteiger partial charge on any atom is 0.283 e. The summed E-state index contributed by atoms with van der Waals surface area (Å²) in [6, 6.07) is 28.0. The highest BCUT2D eigenvalue weighted by Gasteiger charge is 2.35. The van der Waals surface area contributed by atoms with Gasteiger partial charge in [-0.15, -0.1) is 0 Å². The predicted octanol–water partition coefficient (Wildman–Crippen LogP) is 6.45. The van der Waals surface area contributed by atoms with Crippen molar-refractivity contribution in [1.29, 1.82) is 5.41 Å². The largest absolute Gasteiger partial charge is 0.450 e. The fourth-order valence-corrected chi connectivity index (χ4v) is 5.73. The summed E-state index contributed by atoms with van der Waals surface area (Å²) in [5.41, 5.74) is 1.26. The van der Waals surface area contributed by atoms with E-state index in [4.69, 9.17) is 9.83 Å². The van der Waals surface area contributed by atoms with Crippen molar-refractivity contribution in [2.75, 3.05) is 0 Å². The number of amides is 1. The molecular weight excluding hydrogens is 476 g/mol. The molecule has 2 aliphatic rings. The number of rotatable bonds is 5. The summed E-state index contributed by atoms with van der Waals surface area (Å²) in [4.78, 5) is 18.0. The molecule has 0 spiro atoms. The van der Waals surface area contributed by atoms with Crippen molar-refractivity contribution in [3.05, 3.63) is 102 Å². The lowest BCUT2D eigenvalue weighted by atomic mass is 10.1. The van der Waals surface area contributed by atoms with Gasteiger partial charge in [0.25, 0.3) is 5.91 Å². The molecule has 0 atom stereocenters. The molecule has 170 valence electrons. The van der Waals surface area contributed by atoms with Gasteiger partial charge in [-0.2, -0.15) is 15.1 Å². The second-order valence-corrected chi connectivity index (χ2v) is 10.00. The highest BCUT2D eigenvalue weighted by Crippen LogP contribution is 2.35. The molecule has 0 unspecified atom stereocenters. The zero-order valence-corrected chi connectivity index (χ0v) is 20.0. The molecule has 1 aromatic heterocycles. The molecule has 0 saturated heterocycles. The van der Waals surface area contributed by atoms with E-state index in [1.54, 1.807) is 12.1 Å². The maximum absolute atomic E-state index is 12.7. The summed E-state index contributed by atoms with van der Waals surface area (Å²) >= 11 is 2.84. The van der Waals surface area contributed by atoms with Crippen LogP contribution in [0, 0.1) is 5.41 Å². The number of thioether (sulfide) groups is 1. The van der Waals surface area contributed by atoms with Gasteiger partial charge >= 0.3 is 0 Å². The van der Waals surface area contributed by atoms with E-state index < -0.39 is 5.91 Å². The van der Waals surface area contributed by atoms with Gasteiger partial charge in [0, 0.05) is 11.3 Å². The number of furan rings is 1. The second kappa shape index (κ2) is 9.05. The van der Waals surface area contributed by atoms with Crippen LogP contribution >= 0.6 is 23.5 Å². The summed E-state index contributed by atoms with van der Waals surface area (Å²) in [6.07, 6.45) is 2.18. The minimum Gasteiger partial charge on any atom is -0.450 e. The quantitative estimate of drug-likeness (QED) is 0.323. The zero-order chi connectivity index (χ0) is 23.8. The Morgan fingerprint density at radius 3 is 2.66 bits per heavy atom. The van der Waals surface area contributed by atoms with Crippen LogP contribution in [0.5, 0.6) is 0 Å². The van der Waals surface area contributed by atoms with Crippen molar-refractivity contribution in [3.8, 4) is 0 Å². The normalized spacial score (nSPS) is 16.6. The number of fused-ring (bicyclic) bond motifs is 2. The summed E-state index contributed by atoms with van der Waals surface area (Å²) in [5.74, 6) is 0.0135. The molecule has 1 N–H and O–H groups in total. The highest BCUT2D eigenvalue weighted by molar-refractivity contribution is 8.26. The van der Waals surface area contributed by atoms with Gasteiger partial charge in [0.05, 0.1) is 5.57 Å². The van der Waals surface area contributed by atoms with Crippen molar-refractivity contribution in [2.45, 2.75) is 16.4 Å². The molecule has 1 amide bonds. The first kappa shape index (κ1) is 21.6. The third kappa shape index (κ3) is 4.34. The first-order valence-corrected chi connectivity index (χ1v) is 12.6. The van der Waals surface area contributed by atoms with Gasteiger partial charge in [0.15, 0.2) is 10.9 Å². The van der Waals surface area contributed by atoms with E-state index in [0.29, 0.717) is 22.4 Å². The number of hydrogen-bond acceptors (Lipinski definition) is 6. The molecule has 6 rings (SSSR count). The van der Waals surface area contributed by atoms with Gasteiger partial charge in [-0.05, 0) is 52.4 Å². The Labute approximate surface area is 209 Å². The lowest BCUT2D eigenvalue weighted by Crippen LogP contribution is -2.35. The van der Waals surface area contributed by atoms with E-state index in [1.807, 2.05) is 54.6 Å². The zero-order valence-electron chi connectivity index (χ0n) is 18.3. The van der Waals surface area contributed by atoms with Crippen LogP contribution in [0.25, 0.3) is 16.8 Å². The first-order valence-electron chi connectivity index (χ1n) is 10.9. The van der Waals surface area contributed by atoms with E-state index in [1.165, 1.54) is 28.5 Å². The number of amidine groups is 2. The van der Waals surface area contributed by atoms with Gasteiger partial charge < -0.3 is 4.42 Å². The van der Waals surface area contributed by atoms with E-state index >= 15 is 0 Å². The van der Waals surface area contributed by atoms with Crippen molar-refractivity contribution in [1.82, 2.24) is 5.01 Å². The summed E-state index contributed by atoms with van der Waals surface area (Å²) in [7, 11) is 0. The van der Waals surface area contributed by atoms with Crippen LogP contribution in [0.2, 0.25) is 0 Å². The molecule has 2 aliphatic heterocycles. The van der Waals surface area contributed by atoms with Crippen LogP contribution in [0.15, 0.2) is 115 Å². The van der Waals surface area contributed by atoms with Crippen molar-refractivity contribution >= 4 is 62.3 Å². The fourth-order valence-electron chi connectivity index (χ4n) is 3.88. The van der Waals surface area contributed by atoms with Gasteiger partial charge in [0.1, 0.15) is 10.8 Å². The molecule has 0 aliphatic carbocycles. The number of nitrogens with zero attached hydrogens (tertiary/aromatic N) is 3. The van der Waals surface area contributed by atoms with Gasteiger partial charge in [-0.25, -0.2) is 0 Å². The van der Waals surface area contributed by atoms with Crippen molar-refractivity contribution < 1.29 is 9.21 Å². The van der Waals surface area contributed by atoms with E-state index in [0.717, 1.165) is 26.3 Å². The molecule has 35 heavy (non-hydrogen) atoms. The Morgan fingerprint density at radius 2 is 1.77 bits per heavy atom. The Kier molecular flexibility index (Phi) is 5.60. The van der Waals surface area contributed by atoms with Crippen LogP contribution in [0.1, 0.15) is 11.3 Å². The smallest absolute Gasteiger partial charge is 0.283 e. The Morgan fingerprint density at radius 1 is 0.971 bits per heavy atom. The van der Waals surface area contributed by atoms with Crippen molar-refractivity contribution in [3.63, 3.8) is 0 Å². The van der Waals surface area contributed by atoms with Crippen LogP contribution in [0.4, 0.5) is 0 Å². The number of hydrazone groups is 1. The lowest BCUT2D eigenvalue weighted by Gasteiger charge is -2.19. The molecule has 4 aromatic rings. The summed E-state index contributed by atoms with van der Waals surface area (Å²) < 4.78 is 5.98. The summed E-state index contributed by atoms with van der Waals surface area (Å²) in [6.45, 7) is 0. The minimum absolute atomic E-state index is 0.00443. The Bertz CT molecular complexity index is 1570. The topological polar surface area (TPSA) is 82.0 Å². The second-order valence-electron chi connectivity index (χ2n) is 7.91. The van der Waals surface area contributed by atoms with Crippen LogP contribution in [0.3, 0.4) is 0 Å². The minimum atomic E-state index is -0.468. The van der Waals surface area contributed by atoms with E-state index in [9.17, 15) is 4.79 Å². The highest BCUT2D eigenvalue weighted by atomic mass is 32.2. The standard InChI is InChI=1S/C27H18N4O2S2/c28-25-21(26(32)29-27-31(25)30-23(35-27)15-17-7-2-1-3-8-17)16-19-13-14-24(33-19)34-22-12-6-10-18-9-4-5-11-20(18)22/h1-14,16,28H,15H2/b21-16-,28-25?. The number of hydrogen-bond donors (Lipinski definition) is 1. The first-order chi connectivity index (χ1) is 17.1. The maximum atomic E-state index is 12.7. The molecule has 8 heteroatoms. The fraction of sp³-hybridized carbons (Fsp3) is 0.0370. The van der Waals surface area contributed by atoms with Crippen LogP contribution in [-0.2, 0) is 11.2 Å². The molecule has 3 heterocycles. The SMILES string of the molecule is N=C1/C(=C/c2ccc(Sc3cccc4ccccc34)o2)C(=O)N=C2SC(Cc3ccccc3)=NN12. The average Bonchev–Trinajstić information content (AvgIpc) is 3.49. The number of aliphatic imine (C=N–C) groups is 1. The van der Waals surface area contributed by atoms with E-state index in [2.05, 4.69) is 34.4 Å². The van der Waals surface area contributed by atoms with Gasteiger partial charge in [-0.3, -0.25) is 10.2 Å². The average molecular weight is 495 g/mol. The molecule has 0 fully saturated rings. The van der Waals surface area contributed by atoms with Crippen LogP contribution in [-0.4, -0.2) is 27.0 Å². The molecule has 3 aromatic carbocycles. The van der Waals surface area contributed by atoms with Crippen LogP contribution < -0.4 is 0 Å². The monoisotopic (exact) mass is 494 g/mol. The molecular formula is C27H18N4O2S2. The third-order valence-corrected chi connectivity index (χ3v) is 7.45. The molecule has 0 saturated carbocycles. The Hall–Kier alpha value is -3.88. The van der Waals surface area contributed by atoms with E-state index in [-0.39, 0.29) is 11.4 Å². The lowest BCUT2D eigenvalue weighted by molar-refractivity contribution is -0.114. The molecule has 6 nitrogen and oxygen atoms in total. The number of carbonyl (C=O) groups excluding carboxylic acids is 1. The summed E-state index contributed by atoms with van der Waals surface area (Å²) in [5, 5.41) is 18.8. The van der Waals surface area contributed by atoms with Gasteiger partial charge in [-0.1, -0.05) is 78.5 Å².